The molecule has 9 nitrogen and oxygen atoms in total. The van der Waals surface area contributed by atoms with E-state index in [-0.39, 0.29) is 103 Å². The molecule has 0 aliphatic rings. The van der Waals surface area contributed by atoms with Crippen molar-refractivity contribution in [2.75, 3.05) is 0 Å². The minimum Gasteiger partial charge on any atom is -0.761 e. The van der Waals surface area contributed by atoms with Crippen LogP contribution in [0, 0.1) is 0 Å². The number of carbonyl (C=O) groups is 1. The summed E-state index contributed by atoms with van der Waals surface area (Å²) >= 11 is 0. The summed E-state index contributed by atoms with van der Waals surface area (Å²) in [4.78, 5) is 10.5. The first-order valence-corrected chi connectivity index (χ1v) is 7.92. The molecule has 0 saturated carbocycles. The van der Waals surface area contributed by atoms with Crippen molar-refractivity contribution in [1.82, 2.24) is 0 Å². The van der Waals surface area contributed by atoms with Crippen molar-refractivity contribution < 1.29 is 134 Å². The molecule has 22 heavy (non-hydrogen) atoms. The van der Waals surface area contributed by atoms with Gasteiger partial charge in [0.2, 0.25) is 0 Å². The SMILES string of the molecule is NC(c1ccccc1)[C@H](N)C(=O)O.O=S([O-])S(=O)(=O)[O-].[K+].[K+]. The van der Waals surface area contributed by atoms with E-state index in [0.717, 1.165) is 5.56 Å². The second-order valence-corrected chi connectivity index (χ2v) is 6.68. The summed E-state index contributed by atoms with van der Waals surface area (Å²) in [5.41, 5.74) is 11.7. The second kappa shape index (κ2) is 14.1. The van der Waals surface area contributed by atoms with Gasteiger partial charge in [-0.25, -0.2) is 8.42 Å². The van der Waals surface area contributed by atoms with Gasteiger partial charge in [-0.3, -0.25) is 9.00 Å². The molecule has 3 atom stereocenters. The molecule has 0 fully saturated rings. The van der Waals surface area contributed by atoms with Crippen LogP contribution in [0.4, 0.5) is 0 Å². The summed E-state index contributed by atoms with van der Waals surface area (Å²) < 4.78 is 45.7. The molecule has 0 aromatic heterocycles. The molecule has 1 rings (SSSR count). The van der Waals surface area contributed by atoms with Crippen LogP contribution < -0.4 is 114 Å². The van der Waals surface area contributed by atoms with Crippen LogP contribution in [0.15, 0.2) is 30.3 Å². The smallest absolute Gasteiger partial charge is 0.761 e. The zero-order chi connectivity index (χ0) is 15.9. The fourth-order valence-corrected chi connectivity index (χ4v) is 1.04. The Hall–Kier alpha value is 1.90. The van der Waals surface area contributed by atoms with Crippen LogP contribution in [0.5, 0.6) is 0 Å². The summed E-state index contributed by atoms with van der Waals surface area (Å²) in [7, 11) is -8.59. The number of nitrogens with two attached hydrogens (primary N) is 2. The first-order valence-electron chi connectivity index (χ1n) is 4.92. The summed E-state index contributed by atoms with van der Waals surface area (Å²) in [6.07, 6.45) is 0. The molecule has 0 heterocycles. The van der Waals surface area contributed by atoms with Gasteiger partial charge >= 0.3 is 109 Å². The van der Waals surface area contributed by atoms with Crippen molar-refractivity contribution in [3.05, 3.63) is 35.9 Å². The fraction of sp³-hybridized carbons (Fsp3) is 0.222. The minimum atomic E-state index is -5.07. The van der Waals surface area contributed by atoms with Gasteiger partial charge in [-0.2, -0.15) is 0 Å². The van der Waals surface area contributed by atoms with Gasteiger partial charge in [0.15, 0.2) is 9.15 Å². The second-order valence-electron chi connectivity index (χ2n) is 3.41. The van der Waals surface area contributed by atoms with Crippen molar-refractivity contribution >= 4 is 25.2 Å². The molecule has 0 amide bonds. The average Bonchev–Trinajstić information content (AvgIpc) is 2.37. The van der Waals surface area contributed by atoms with Crippen molar-refractivity contribution in [2.24, 2.45) is 11.5 Å². The molecule has 114 valence electrons. The Morgan fingerprint density at radius 3 is 1.82 bits per heavy atom. The van der Waals surface area contributed by atoms with E-state index in [0.29, 0.717) is 0 Å². The van der Waals surface area contributed by atoms with E-state index in [2.05, 4.69) is 0 Å². The Labute approximate surface area is 214 Å². The summed E-state index contributed by atoms with van der Waals surface area (Å²) in [5, 5.41) is 8.61. The quantitative estimate of drug-likeness (QED) is 0.190. The Morgan fingerprint density at radius 1 is 1.18 bits per heavy atom. The zero-order valence-corrected chi connectivity index (χ0v) is 19.8. The van der Waals surface area contributed by atoms with E-state index in [9.17, 15) is 4.79 Å². The van der Waals surface area contributed by atoms with E-state index in [1.165, 1.54) is 0 Å². The molecular weight excluding hydrogens is 390 g/mol. The van der Waals surface area contributed by atoms with Gasteiger partial charge in [-0.15, -0.1) is 0 Å². The number of hydrogen-bond donors (Lipinski definition) is 3. The van der Waals surface area contributed by atoms with Crippen molar-refractivity contribution in [2.45, 2.75) is 12.1 Å². The molecule has 1 aromatic rings. The van der Waals surface area contributed by atoms with Crippen molar-refractivity contribution in [3.63, 3.8) is 0 Å². The summed E-state index contributed by atoms with van der Waals surface area (Å²) in [5.74, 6) is -1.09. The van der Waals surface area contributed by atoms with E-state index in [4.69, 9.17) is 38.3 Å². The molecular formula is C9H12K2N2O7S2. The van der Waals surface area contributed by atoms with Crippen LogP contribution >= 0.6 is 0 Å². The van der Waals surface area contributed by atoms with Crippen molar-refractivity contribution in [3.8, 4) is 0 Å². The summed E-state index contributed by atoms with van der Waals surface area (Å²) in [6.45, 7) is 0. The van der Waals surface area contributed by atoms with Crippen LogP contribution in [-0.2, 0) is 24.1 Å². The molecule has 0 aliphatic heterocycles. The van der Waals surface area contributed by atoms with Gasteiger partial charge < -0.3 is 25.7 Å². The number of rotatable bonds is 4. The molecule has 0 saturated heterocycles. The normalized spacial score (nSPS) is 14.0. The monoisotopic (exact) mass is 402 g/mol. The number of aliphatic carboxylic acids is 1. The van der Waals surface area contributed by atoms with Crippen LogP contribution in [0.1, 0.15) is 11.6 Å². The molecule has 0 aliphatic carbocycles. The van der Waals surface area contributed by atoms with E-state index in [1.54, 1.807) is 24.3 Å². The Kier molecular flexibility index (Phi) is 18.4. The minimum absolute atomic E-state index is 0. The van der Waals surface area contributed by atoms with E-state index < -0.39 is 37.3 Å². The van der Waals surface area contributed by atoms with Crippen LogP contribution in [0.2, 0.25) is 0 Å². The van der Waals surface area contributed by atoms with Gasteiger partial charge in [-0.1, -0.05) is 30.3 Å². The number of benzene rings is 1. The number of carboxylic acids is 1. The van der Waals surface area contributed by atoms with Gasteiger partial charge in [0, 0.05) is 0 Å². The maximum Gasteiger partial charge on any atom is 1.00 e. The predicted molar refractivity (Wildman–Crippen MR) is 67.6 cm³/mol. The number of carboxylic acid groups (broad SMARTS) is 1. The van der Waals surface area contributed by atoms with E-state index in [1.807, 2.05) is 6.07 Å². The average molecular weight is 403 g/mol. The topological polar surface area (TPSA) is 187 Å². The number of hydrogen-bond acceptors (Lipinski definition) is 8. The molecule has 13 heteroatoms. The Morgan fingerprint density at radius 2 is 1.55 bits per heavy atom. The van der Waals surface area contributed by atoms with Gasteiger partial charge in [0.05, 0.1) is 16.2 Å². The van der Waals surface area contributed by atoms with Gasteiger partial charge in [-0.05, 0) is 5.56 Å². The molecule has 5 N–H and O–H groups in total. The Balaban J connectivity index is -0.000000350. The van der Waals surface area contributed by atoms with Gasteiger partial charge in [0.1, 0.15) is 6.04 Å². The van der Waals surface area contributed by atoms with Gasteiger partial charge in [0.25, 0.3) is 0 Å². The van der Waals surface area contributed by atoms with E-state index >= 15 is 0 Å². The standard InChI is InChI=1S/C9H12N2O2.2K.H2O5S2/c10-7(8(11)9(12)13)6-4-2-1-3-5-6;;;1-6(2)7(3,4)5/h1-5,7-8H,10-11H2,(H,12,13);;;(H,1,2)(H,3,4,5)/q;2*+1;/p-2/t7?,8-;;;/m0.../s1. The Bertz CT molecular complexity index is 571. The molecule has 1 aromatic carbocycles. The zero-order valence-electron chi connectivity index (χ0n) is 11.9. The third kappa shape index (κ3) is 12.3. The van der Waals surface area contributed by atoms with Crippen LogP contribution in [0.3, 0.4) is 0 Å². The summed E-state index contributed by atoms with van der Waals surface area (Å²) in [6, 6.07) is 7.23. The largest absolute Gasteiger partial charge is 1.00 e. The molecule has 0 bridgehead atoms. The fourth-order valence-electron chi connectivity index (χ4n) is 1.04. The third-order valence-electron chi connectivity index (χ3n) is 2.02. The maximum atomic E-state index is 10.5. The first kappa shape index (κ1) is 28.7. The van der Waals surface area contributed by atoms with Crippen LogP contribution in [-0.4, -0.2) is 38.8 Å². The molecule has 2 unspecified atom stereocenters. The van der Waals surface area contributed by atoms with Crippen LogP contribution in [0.25, 0.3) is 0 Å². The van der Waals surface area contributed by atoms with Crippen molar-refractivity contribution in [1.29, 1.82) is 0 Å². The predicted octanol–water partition coefficient (Wildman–Crippen LogP) is -7.57. The molecule has 0 radical (unpaired) electrons. The third-order valence-corrected chi connectivity index (χ3v) is 3.36. The molecule has 0 spiro atoms. The maximum absolute atomic E-state index is 10.5. The first-order chi connectivity index (χ1) is 9.07.